The summed E-state index contributed by atoms with van der Waals surface area (Å²) in [7, 11) is 0. The van der Waals surface area contributed by atoms with Crippen LogP contribution in [-0.4, -0.2) is 85.2 Å². The van der Waals surface area contributed by atoms with Crippen LogP contribution in [0, 0.1) is 0 Å². The third-order valence-electron chi connectivity index (χ3n) is 4.87. The molecule has 0 aliphatic rings. The number of benzene rings is 4. The number of aromatic hydroxyl groups is 8. The molecule has 0 aromatic heterocycles. The van der Waals surface area contributed by atoms with E-state index in [2.05, 4.69) is 0 Å². The van der Waals surface area contributed by atoms with E-state index >= 15 is 0 Å². The van der Waals surface area contributed by atoms with Crippen molar-refractivity contribution in [3.8, 4) is 46.0 Å². The van der Waals surface area contributed by atoms with Crippen molar-refractivity contribution in [1.29, 1.82) is 0 Å². The highest BCUT2D eigenvalue weighted by atomic mass is 16.4. The Kier molecular flexibility index (Phi) is 12.6. The summed E-state index contributed by atoms with van der Waals surface area (Å²) < 4.78 is 0. The molecule has 0 aliphatic heterocycles. The van der Waals surface area contributed by atoms with Gasteiger partial charge in [0, 0.05) is 0 Å². The molecule has 0 amide bonds. The summed E-state index contributed by atoms with van der Waals surface area (Å²) in [5, 5.41) is 104. The standard InChI is InChI=1S/C7H6O5.2C7H6O4.C7H6O3/c8-4-1-3(7(11)12)2-5(9)6(4)10;8-4-1-2-6(9)5(3-4)7(10)11;8-5-3-1-2-4(6(5)9)7(10)11;8-6-3-1-2-5(4-6)7(9)10/h1-2,8-10H,(H,11,12);2*1-3,8-9H,(H,10,11);1-4,8H,(H,9,10). The normalized spacial score (nSPS) is 9.45. The second kappa shape index (κ2) is 15.8. The van der Waals surface area contributed by atoms with Crippen molar-refractivity contribution in [2.45, 2.75) is 0 Å². The number of hydrogen-bond acceptors (Lipinski definition) is 12. The maximum atomic E-state index is 10.3. The zero-order valence-electron chi connectivity index (χ0n) is 21.9. The summed E-state index contributed by atoms with van der Waals surface area (Å²) in [6, 6.07) is 14.3. The molecule has 0 radical (unpaired) electrons. The average Bonchev–Trinajstić information content (AvgIpc) is 2.95. The first-order valence-corrected chi connectivity index (χ1v) is 11.5. The summed E-state index contributed by atoms with van der Waals surface area (Å²) in [6.45, 7) is 0. The third-order valence-corrected chi connectivity index (χ3v) is 4.87. The second-order valence-electron chi connectivity index (χ2n) is 8.01. The van der Waals surface area contributed by atoms with Crippen LogP contribution in [0.15, 0.2) is 72.8 Å². The molecule has 4 aromatic rings. The summed E-state index contributed by atoms with van der Waals surface area (Å²) in [5.74, 6) is -8.48. The van der Waals surface area contributed by atoms with E-state index in [9.17, 15) is 19.2 Å². The van der Waals surface area contributed by atoms with Gasteiger partial charge in [0.2, 0.25) is 0 Å². The van der Waals surface area contributed by atoms with E-state index in [0.29, 0.717) is 0 Å². The lowest BCUT2D eigenvalue weighted by Crippen LogP contribution is -1.95. The molecule has 4 rings (SSSR count). The van der Waals surface area contributed by atoms with Crippen LogP contribution >= 0.6 is 0 Å². The van der Waals surface area contributed by atoms with Crippen molar-refractivity contribution in [1.82, 2.24) is 0 Å². The number of phenols is 8. The van der Waals surface area contributed by atoms with Crippen LogP contribution in [0.4, 0.5) is 0 Å². The second-order valence-corrected chi connectivity index (χ2v) is 8.01. The highest BCUT2D eigenvalue weighted by molar-refractivity contribution is 5.92. The van der Waals surface area contributed by atoms with Gasteiger partial charge < -0.3 is 61.3 Å². The van der Waals surface area contributed by atoms with Crippen LogP contribution in [0.25, 0.3) is 0 Å². The first-order chi connectivity index (χ1) is 20.5. The fourth-order valence-corrected chi connectivity index (χ4v) is 2.77. The van der Waals surface area contributed by atoms with Crippen molar-refractivity contribution in [2.24, 2.45) is 0 Å². The van der Waals surface area contributed by atoms with Crippen molar-refractivity contribution in [3.63, 3.8) is 0 Å². The van der Waals surface area contributed by atoms with Crippen LogP contribution in [0.2, 0.25) is 0 Å². The first kappa shape index (κ1) is 35.2. The molecule has 16 nitrogen and oxygen atoms in total. The van der Waals surface area contributed by atoms with Gasteiger partial charge in [-0.25, -0.2) is 19.2 Å². The number of para-hydroxylation sites is 1. The zero-order valence-corrected chi connectivity index (χ0v) is 21.9. The fourth-order valence-electron chi connectivity index (χ4n) is 2.77. The lowest BCUT2D eigenvalue weighted by Gasteiger charge is -2.01. The van der Waals surface area contributed by atoms with Gasteiger partial charge in [-0.2, -0.15) is 0 Å². The van der Waals surface area contributed by atoms with Gasteiger partial charge in [-0.15, -0.1) is 0 Å². The minimum Gasteiger partial charge on any atom is -0.508 e. The molecular weight excluding hydrogens is 592 g/mol. The molecule has 16 heteroatoms. The maximum absolute atomic E-state index is 10.3. The van der Waals surface area contributed by atoms with Crippen molar-refractivity contribution in [2.75, 3.05) is 0 Å². The van der Waals surface area contributed by atoms with Crippen molar-refractivity contribution in [3.05, 3.63) is 95.1 Å². The zero-order chi connectivity index (χ0) is 33.7. The first-order valence-electron chi connectivity index (χ1n) is 11.5. The number of carboxylic acid groups (broad SMARTS) is 4. The molecule has 44 heavy (non-hydrogen) atoms. The van der Waals surface area contributed by atoms with Crippen LogP contribution in [-0.2, 0) is 0 Å². The van der Waals surface area contributed by atoms with Gasteiger partial charge in [0.05, 0.1) is 11.1 Å². The molecule has 4 aromatic carbocycles. The number of rotatable bonds is 4. The Bertz CT molecular complexity index is 1630. The molecule has 0 fully saturated rings. The van der Waals surface area contributed by atoms with Gasteiger partial charge >= 0.3 is 23.9 Å². The summed E-state index contributed by atoms with van der Waals surface area (Å²) in [4.78, 5) is 41.2. The molecule has 0 bridgehead atoms. The molecule has 12 N–H and O–H groups in total. The Morgan fingerprint density at radius 1 is 0.386 bits per heavy atom. The van der Waals surface area contributed by atoms with Crippen molar-refractivity contribution >= 4 is 23.9 Å². The Balaban J connectivity index is 0.000000294. The summed E-state index contributed by atoms with van der Waals surface area (Å²) in [6.07, 6.45) is 0. The van der Waals surface area contributed by atoms with Crippen LogP contribution in [0.1, 0.15) is 41.4 Å². The highest BCUT2D eigenvalue weighted by Gasteiger charge is 2.12. The van der Waals surface area contributed by atoms with Crippen LogP contribution < -0.4 is 0 Å². The van der Waals surface area contributed by atoms with E-state index in [0.717, 1.165) is 24.3 Å². The van der Waals surface area contributed by atoms with E-state index in [1.165, 1.54) is 48.5 Å². The fraction of sp³-hybridized carbons (Fsp3) is 0. The maximum Gasteiger partial charge on any atom is 0.339 e. The van der Waals surface area contributed by atoms with Gasteiger partial charge in [-0.05, 0) is 60.7 Å². The Morgan fingerprint density at radius 2 is 0.886 bits per heavy atom. The minimum absolute atomic E-state index is 0.0279. The molecule has 0 saturated heterocycles. The lowest BCUT2D eigenvalue weighted by molar-refractivity contribution is 0.0682. The predicted molar refractivity (Wildman–Crippen MR) is 147 cm³/mol. The summed E-state index contributed by atoms with van der Waals surface area (Å²) in [5.41, 5.74) is -0.794. The topological polar surface area (TPSA) is 311 Å². The smallest absolute Gasteiger partial charge is 0.339 e. The highest BCUT2D eigenvalue weighted by Crippen LogP contribution is 2.35. The molecule has 0 atom stereocenters. The van der Waals surface area contributed by atoms with Gasteiger partial charge in [-0.1, -0.05) is 12.1 Å². The monoisotopic (exact) mass is 616 g/mol. The largest absolute Gasteiger partial charge is 0.508 e. The molecule has 0 saturated carbocycles. The van der Waals surface area contributed by atoms with Gasteiger partial charge in [0.25, 0.3) is 0 Å². The van der Waals surface area contributed by atoms with Crippen LogP contribution in [0.5, 0.6) is 46.0 Å². The number of aromatic carboxylic acids is 4. The van der Waals surface area contributed by atoms with E-state index in [-0.39, 0.29) is 39.5 Å². The molecule has 0 heterocycles. The van der Waals surface area contributed by atoms with Crippen molar-refractivity contribution < 1.29 is 80.5 Å². The third kappa shape index (κ3) is 10.6. The van der Waals surface area contributed by atoms with E-state index in [4.69, 9.17) is 61.3 Å². The quantitative estimate of drug-likeness (QED) is 0.116. The van der Waals surface area contributed by atoms with Gasteiger partial charge in [-0.3, -0.25) is 0 Å². The molecule has 0 aliphatic carbocycles. The van der Waals surface area contributed by atoms with E-state index in [1.807, 2.05) is 0 Å². The number of carboxylic acids is 4. The van der Waals surface area contributed by atoms with Crippen LogP contribution in [0.3, 0.4) is 0 Å². The number of hydrogen-bond donors (Lipinski definition) is 12. The average molecular weight is 616 g/mol. The molecular formula is C28H24O16. The predicted octanol–water partition coefficient (Wildman–Crippen LogP) is 3.18. The van der Waals surface area contributed by atoms with Gasteiger partial charge in [0.15, 0.2) is 28.7 Å². The lowest BCUT2D eigenvalue weighted by atomic mass is 10.2. The minimum atomic E-state index is -1.29. The number of phenolic OH excluding ortho intramolecular Hbond substituents is 6. The molecule has 0 unspecified atom stereocenters. The van der Waals surface area contributed by atoms with E-state index in [1.54, 1.807) is 0 Å². The summed E-state index contributed by atoms with van der Waals surface area (Å²) >= 11 is 0. The molecule has 232 valence electrons. The Morgan fingerprint density at radius 3 is 1.30 bits per heavy atom. The SMILES string of the molecule is O=C(O)c1cc(O)c(O)c(O)c1.O=C(O)c1cc(O)ccc1O.O=C(O)c1cccc(O)c1.O=C(O)c1cccc(O)c1O. The molecule has 0 spiro atoms. The Labute approximate surface area is 245 Å². The van der Waals surface area contributed by atoms with Gasteiger partial charge in [0.1, 0.15) is 28.4 Å². The number of carbonyl (C=O) groups is 4. The Hall–Kier alpha value is -6.84. The van der Waals surface area contributed by atoms with E-state index < -0.39 is 52.6 Å².